The van der Waals surface area contributed by atoms with Crippen LogP contribution in [0.3, 0.4) is 0 Å². The molecule has 9 heteroatoms. The maximum Gasteiger partial charge on any atom is 0.394 e. The lowest BCUT2D eigenvalue weighted by Crippen LogP contribution is -2.04. The van der Waals surface area contributed by atoms with Crippen molar-refractivity contribution in [1.82, 2.24) is 0 Å². The zero-order valence-electron chi connectivity index (χ0n) is 11.5. The Morgan fingerprint density at radius 3 is 1.70 bits per heavy atom. The molecule has 0 fully saturated rings. The fourth-order valence-corrected chi connectivity index (χ4v) is 1.45. The molecule has 20 heavy (non-hydrogen) atoms. The molecule has 0 bridgehead atoms. The number of hydrogen-bond acceptors (Lipinski definition) is 6. The molecule has 0 amide bonds. The highest BCUT2D eigenvalue weighted by Gasteiger charge is 2.12. The van der Waals surface area contributed by atoms with Gasteiger partial charge in [0.25, 0.3) is 0 Å². The molecule has 0 heterocycles. The molecule has 1 aromatic rings. The molecule has 0 spiro atoms. The molecular formula is C11H19NO7S. The first kappa shape index (κ1) is 18.4. The van der Waals surface area contributed by atoms with Gasteiger partial charge < -0.3 is 19.9 Å². The zero-order chi connectivity index (χ0) is 15.8. The van der Waals surface area contributed by atoms with E-state index in [4.69, 9.17) is 37.5 Å². The summed E-state index contributed by atoms with van der Waals surface area (Å²) in [5.74, 6) is 1.95. The molecule has 0 unspecified atom stereocenters. The third-order valence-electron chi connectivity index (χ3n) is 2.16. The Morgan fingerprint density at radius 1 is 1.05 bits per heavy atom. The van der Waals surface area contributed by atoms with Crippen molar-refractivity contribution in [3.05, 3.63) is 17.7 Å². The van der Waals surface area contributed by atoms with Crippen molar-refractivity contribution in [3.63, 3.8) is 0 Å². The Labute approximate surface area is 118 Å². The van der Waals surface area contributed by atoms with Crippen LogP contribution in [-0.2, 0) is 16.8 Å². The molecule has 0 saturated heterocycles. The highest BCUT2D eigenvalue weighted by molar-refractivity contribution is 7.79. The van der Waals surface area contributed by atoms with Crippen molar-refractivity contribution in [2.45, 2.75) is 6.42 Å². The molecule has 0 saturated carbocycles. The van der Waals surface area contributed by atoms with E-state index in [1.165, 1.54) is 0 Å². The molecule has 1 rings (SSSR count). The molecule has 0 aliphatic carbocycles. The van der Waals surface area contributed by atoms with Crippen LogP contribution < -0.4 is 19.9 Å². The smallest absolute Gasteiger partial charge is 0.394 e. The largest absolute Gasteiger partial charge is 0.493 e. The second-order valence-electron chi connectivity index (χ2n) is 3.52. The predicted octanol–water partition coefficient (Wildman–Crippen LogP) is 0.561. The molecule has 0 radical (unpaired) electrons. The van der Waals surface area contributed by atoms with Gasteiger partial charge in [0.2, 0.25) is 5.75 Å². The van der Waals surface area contributed by atoms with Gasteiger partial charge in [0.1, 0.15) is 0 Å². The molecule has 0 aliphatic rings. The van der Waals surface area contributed by atoms with Gasteiger partial charge >= 0.3 is 10.4 Å². The quantitative estimate of drug-likeness (QED) is 0.673. The topological polar surface area (TPSA) is 128 Å². The third kappa shape index (κ3) is 7.14. The first-order valence-corrected chi connectivity index (χ1v) is 6.85. The molecule has 0 atom stereocenters. The van der Waals surface area contributed by atoms with E-state index in [0.29, 0.717) is 23.8 Å². The molecular weight excluding hydrogens is 290 g/mol. The van der Waals surface area contributed by atoms with Crippen LogP contribution in [0.1, 0.15) is 5.56 Å². The summed E-state index contributed by atoms with van der Waals surface area (Å²) in [5, 5.41) is 0. The molecule has 0 aliphatic heterocycles. The summed E-state index contributed by atoms with van der Waals surface area (Å²) in [6.07, 6.45) is 0.788. The standard InChI is InChI=1S/C11H17NO3.H2O4S/c1-13-9-6-8(4-5-12)7-10(14-2)11(9)15-3;1-5(2,3)4/h6-7H,4-5,12H2,1-3H3;(H2,1,2,3,4). The highest BCUT2D eigenvalue weighted by Crippen LogP contribution is 2.38. The summed E-state index contributed by atoms with van der Waals surface area (Å²) in [6, 6.07) is 3.82. The van der Waals surface area contributed by atoms with Crippen molar-refractivity contribution >= 4 is 10.4 Å². The van der Waals surface area contributed by atoms with E-state index in [9.17, 15) is 0 Å². The van der Waals surface area contributed by atoms with Crippen LogP contribution >= 0.6 is 0 Å². The van der Waals surface area contributed by atoms with Gasteiger partial charge in [-0.3, -0.25) is 9.11 Å². The van der Waals surface area contributed by atoms with Crippen molar-refractivity contribution in [2.75, 3.05) is 27.9 Å². The van der Waals surface area contributed by atoms with Crippen molar-refractivity contribution in [2.24, 2.45) is 5.73 Å². The number of rotatable bonds is 5. The fourth-order valence-electron chi connectivity index (χ4n) is 1.45. The average molecular weight is 309 g/mol. The fraction of sp³-hybridized carbons (Fsp3) is 0.455. The number of hydrogen-bond donors (Lipinski definition) is 3. The SMILES string of the molecule is COc1cc(CCN)cc(OC)c1OC.O=S(=O)(O)O. The first-order valence-electron chi connectivity index (χ1n) is 5.45. The van der Waals surface area contributed by atoms with Gasteiger partial charge in [0, 0.05) is 0 Å². The van der Waals surface area contributed by atoms with Crippen LogP contribution in [0.25, 0.3) is 0 Å². The number of benzene rings is 1. The minimum Gasteiger partial charge on any atom is -0.493 e. The van der Waals surface area contributed by atoms with Gasteiger partial charge in [-0.2, -0.15) is 8.42 Å². The Bertz CT molecular complexity index is 482. The van der Waals surface area contributed by atoms with E-state index < -0.39 is 10.4 Å². The second-order valence-corrected chi connectivity index (χ2v) is 4.42. The Balaban J connectivity index is 0.000000621. The van der Waals surface area contributed by atoms with Gasteiger partial charge in [-0.05, 0) is 30.7 Å². The summed E-state index contributed by atoms with van der Waals surface area (Å²) in [4.78, 5) is 0. The normalized spacial score (nSPS) is 10.3. The lowest BCUT2D eigenvalue weighted by Gasteiger charge is -2.13. The second kappa shape index (κ2) is 8.59. The third-order valence-corrected chi connectivity index (χ3v) is 2.16. The van der Waals surface area contributed by atoms with Crippen LogP contribution in [0, 0.1) is 0 Å². The first-order chi connectivity index (χ1) is 9.26. The number of ether oxygens (including phenoxy) is 3. The van der Waals surface area contributed by atoms with E-state index >= 15 is 0 Å². The minimum absolute atomic E-state index is 0.596. The number of methoxy groups -OCH3 is 3. The highest BCUT2D eigenvalue weighted by atomic mass is 32.3. The summed E-state index contributed by atoms with van der Waals surface area (Å²) in [6.45, 7) is 0.596. The summed E-state index contributed by atoms with van der Waals surface area (Å²) in [7, 11) is 0.121. The zero-order valence-corrected chi connectivity index (χ0v) is 12.3. The maximum atomic E-state index is 8.74. The Morgan fingerprint density at radius 2 is 1.45 bits per heavy atom. The van der Waals surface area contributed by atoms with Crippen LogP contribution in [0.15, 0.2) is 12.1 Å². The van der Waals surface area contributed by atoms with Gasteiger partial charge in [-0.25, -0.2) is 0 Å². The molecule has 116 valence electrons. The van der Waals surface area contributed by atoms with E-state index in [1.807, 2.05) is 12.1 Å². The minimum atomic E-state index is -4.67. The van der Waals surface area contributed by atoms with Gasteiger partial charge in [0.15, 0.2) is 11.5 Å². The number of nitrogens with two attached hydrogens (primary N) is 1. The molecule has 1 aromatic carbocycles. The average Bonchev–Trinajstić information content (AvgIpc) is 2.35. The van der Waals surface area contributed by atoms with Crippen molar-refractivity contribution < 1.29 is 31.7 Å². The molecule has 8 nitrogen and oxygen atoms in total. The summed E-state index contributed by atoms with van der Waals surface area (Å²) in [5.41, 5.74) is 6.58. The van der Waals surface area contributed by atoms with Crippen molar-refractivity contribution in [3.8, 4) is 17.2 Å². The maximum absolute atomic E-state index is 8.74. The van der Waals surface area contributed by atoms with Gasteiger partial charge in [0.05, 0.1) is 21.3 Å². The molecule has 0 aromatic heterocycles. The van der Waals surface area contributed by atoms with Crippen LogP contribution in [0.5, 0.6) is 17.2 Å². The van der Waals surface area contributed by atoms with E-state index in [0.717, 1.165) is 12.0 Å². The Kier molecular flexibility index (Phi) is 7.92. The summed E-state index contributed by atoms with van der Waals surface area (Å²) >= 11 is 0. The predicted molar refractivity (Wildman–Crippen MR) is 73.0 cm³/mol. The Hall–Kier alpha value is -1.55. The van der Waals surface area contributed by atoms with Gasteiger partial charge in [-0.1, -0.05) is 0 Å². The summed E-state index contributed by atoms with van der Waals surface area (Å²) < 4.78 is 47.2. The van der Waals surface area contributed by atoms with Crippen LogP contribution in [0.4, 0.5) is 0 Å². The van der Waals surface area contributed by atoms with Gasteiger partial charge in [-0.15, -0.1) is 0 Å². The van der Waals surface area contributed by atoms with E-state index in [-0.39, 0.29) is 0 Å². The van der Waals surface area contributed by atoms with Crippen LogP contribution in [-0.4, -0.2) is 45.4 Å². The lowest BCUT2D eigenvalue weighted by molar-refractivity contribution is 0.324. The van der Waals surface area contributed by atoms with Crippen LogP contribution in [0.2, 0.25) is 0 Å². The monoisotopic (exact) mass is 309 g/mol. The lowest BCUT2D eigenvalue weighted by atomic mass is 10.1. The van der Waals surface area contributed by atoms with E-state index in [2.05, 4.69) is 0 Å². The molecule has 4 N–H and O–H groups in total. The van der Waals surface area contributed by atoms with Crippen molar-refractivity contribution in [1.29, 1.82) is 0 Å². The van der Waals surface area contributed by atoms with E-state index in [1.54, 1.807) is 21.3 Å².